The van der Waals surface area contributed by atoms with Crippen LogP contribution in [0.1, 0.15) is 20.7 Å². The van der Waals surface area contributed by atoms with Gasteiger partial charge in [0.15, 0.2) is 6.29 Å². The summed E-state index contributed by atoms with van der Waals surface area (Å²) in [7, 11) is 0. The summed E-state index contributed by atoms with van der Waals surface area (Å²) in [5.74, 6) is -0.537. The molecule has 0 unspecified atom stereocenters. The van der Waals surface area contributed by atoms with Crippen molar-refractivity contribution in [2.24, 2.45) is 5.73 Å². The van der Waals surface area contributed by atoms with Crippen LogP contribution >= 0.6 is 31.9 Å². The van der Waals surface area contributed by atoms with Gasteiger partial charge < -0.3 is 5.73 Å². The van der Waals surface area contributed by atoms with Crippen LogP contribution in [0.5, 0.6) is 0 Å². The SMILES string of the molecule is NC(=O)c1cc(Br)c(C=O)cc1Br. The van der Waals surface area contributed by atoms with Crippen LogP contribution < -0.4 is 5.73 Å². The number of hydrogen-bond donors (Lipinski definition) is 1. The molecule has 68 valence electrons. The van der Waals surface area contributed by atoms with E-state index < -0.39 is 5.91 Å². The zero-order valence-electron chi connectivity index (χ0n) is 6.38. The summed E-state index contributed by atoms with van der Waals surface area (Å²) in [5, 5.41) is 0. The Bertz CT molecular complexity index is 377. The number of carbonyl (C=O) groups is 2. The highest BCUT2D eigenvalue weighted by molar-refractivity contribution is 9.11. The first-order chi connectivity index (χ1) is 6.06. The Morgan fingerprint density at radius 2 is 1.92 bits per heavy atom. The molecule has 5 heteroatoms. The quantitative estimate of drug-likeness (QED) is 0.851. The number of benzene rings is 1. The number of halogens is 2. The van der Waals surface area contributed by atoms with Gasteiger partial charge in [0.2, 0.25) is 5.91 Å². The maximum Gasteiger partial charge on any atom is 0.249 e. The summed E-state index contributed by atoms with van der Waals surface area (Å²) in [5.41, 5.74) is 5.91. The van der Waals surface area contributed by atoms with Crippen LogP contribution in [-0.2, 0) is 0 Å². The molecule has 2 N–H and O–H groups in total. The third-order valence-corrected chi connectivity index (χ3v) is 2.82. The Balaban J connectivity index is 3.36. The lowest BCUT2D eigenvalue weighted by molar-refractivity contribution is 0.0998. The highest BCUT2D eigenvalue weighted by Gasteiger charge is 2.09. The summed E-state index contributed by atoms with van der Waals surface area (Å²) >= 11 is 6.29. The Kier molecular flexibility index (Phi) is 3.22. The molecule has 0 aliphatic carbocycles. The Morgan fingerprint density at radius 3 is 2.38 bits per heavy atom. The Morgan fingerprint density at radius 1 is 1.31 bits per heavy atom. The molecule has 0 spiro atoms. The van der Waals surface area contributed by atoms with Crippen molar-refractivity contribution >= 4 is 44.1 Å². The molecule has 0 aliphatic rings. The van der Waals surface area contributed by atoms with Crippen LogP contribution in [0.3, 0.4) is 0 Å². The molecule has 0 heterocycles. The molecule has 1 amide bonds. The second-order valence-electron chi connectivity index (χ2n) is 2.34. The number of amides is 1. The van der Waals surface area contributed by atoms with Crippen LogP contribution in [0, 0.1) is 0 Å². The van der Waals surface area contributed by atoms with Crippen LogP contribution in [0.25, 0.3) is 0 Å². The average Bonchev–Trinajstić information content (AvgIpc) is 2.07. The normalized spacial score (nSPS) is 9.69. The van der Waals surface area contributed by atoms with Gasteiger partial charge in [-0.2, -0.15) is 0 Å². The molecular formula is C8H5Br2NO2. The lowest BCUT2D eigenvalue weighted by atomic mass is 10.1. The maximum absolute atomic E-state index is 10.9. The number of aldehydes is 1. The summed E-state index contributed by atoms with van der Waals surface area (Å²) in [4.78, 5) is 21.4. The van der Waals surface area contributed by atoms with Crippen molar-refractivity contribution in [2.75, 3.05) is 0 Å². The molecule has 0 bridgehead atoms. The third-order valence-electron chi connectivity index (χ3n) is 1.48. The lowest BCUT2D eigenvalue weighted by Crippen LogP contribution is -2.12. The second kappa shape index (κ2) is 4.02. The average molecular weight is 307 g/mol. The minimum Gasteiger partial charge on any atom is -0.366 e. The van der Waals surface area contributed by atoms with Gasteiger partial charge in [-0.25, -0.2) is 0 Å². The van der Waals surface area contributed by atoms with Gasteiger partial charge in [0.05, 0.1) is 5.56 Å². The fourth-order valence-electron chi connectivity index (χ4n) is 0.841. The van der Waals surface area contributed by atoms with E-state index in [0.29, 0.717) is 26.4 Å². The van der Waals surface area contributed by atoms with E-state index in [1.54, 1.807) is 0 Å². The molecule has 1 aromatic carbocycles. The Labute approximate surface area is 91.6 Å². The van der Waals surface area contributed by atoms with Gasteiger partial charge >= 0.3 is 0 Å². The molecule has 0 atom stereocenters. The van der Waals surface area contributed by atoms with E-state index in [-0.39, 0.29) is 0 Å². The van der Waals surface area contributed by atoms with E-state index in [1.165, 1.54) is 12.1 Å². The summed E-state index contributed by atoms with van der Waals surface area (Å²) in [6.45, 7) is 0. The van der Waals surface area contributed by atoms with Gasteiger partial charge in [0, 0.05) is 14.5 Å². The van der Waals surface area contributed by atoms with Gasteiger partial charge in [0.1, 0.15) is 0 Å². The van der Waals surface area contributed by atoms with Crippen molar-refractivity contribution in [2.45, 2.75) is 0 Å². The minimum absolute atomic E-state index is 0.345. The topological polar surface area (TPSA) is 60.2 Å². The zero-order chi connectivity index (χ0) is 10.0. The van der Waals surface area contributed by atoms with E-state index in [1.807, 2.05) is 0 Å². The van der Waals surface area contributed by atoms with Crippen molar-refractivity contribution in [1.29, 1.82) is 0 Å². The number of primary amides is 1. The molecule has 1 aromatic rings. The van der Waals surface area contributed by atoms with Gasteiger partial charge in [0.25, 0.3) is 0 Å². The third kappa shape index (κ3) is 2.16. The van der Waals surface area contributed by atoms with Crippen molar-refractivity contribution in [1.82, 2.24) is 0 Å². The number of rotatable bonds is 2. The van der Waals surface area contributed by atoms with E-state index in [0.717, 1.165) is 0 Å². The molecule has 0 saturated carbocycles. The first-order valence-corrected chi connectivity index (χ1v) is 4.89. The van der Waals surface area contributed by atoms with Crippen molar-refractivity contribution in [3.63, 3.8) is 0 Å². The first kappa shape index (κ1) is 10.4. The van der Waals surface area contributed by atoms with E-state index >= 15 is 0 Å². The summed E-state index contributed by atoms with van der Waals surface area (Å²) in [6, 6.07) is 3.05. The molecule has 0 aliphatic heterocycles. The molecule has 1 rings (SSSR count). The molecule has 0 radical (unpaired) electrons. The summed E-state index contributed by atoms with van der Waals surface area (Å²) < 4.78 is 1.07. The van der Waals surface area contributed by atoms with Crippen LogP contribution in [0.15, 0.2) is 21.1 Å². The number of nitrogens with two attached hydrogens (primary N) is 1. The fraction of sp³-hybridized carbons (Fsp3) is 0. The van der Waals surface area contributed by atoms with E-state index in [9.17, 15) is 9.59 Å². The van der Waals surface area contributed by atoms with Crippen LogP contribution in [0.4, 0.5) is 0 Å². The minimum atomic E-state index is -0.537. The lowest BCUT2D eigenvalue weighted by Gasteiger charge is -2.02. The van der Waals surface area contributed by atoms with Gasteiger partial charge in [-0.3, -0.25) is 9.59 Å². The molecule has 13 heavy (non-hydrogen) atoms. The summed E-state index contributed by atoms with van der Waals surface area (Å²) in [6.07, 6.45) is 0.694. The number of carbonyl (C=O) groups excluding carboxylic acids is 2. The predicted octanol–water partition coefficient (Wildman–Crippen LogP) is 2.12. The second-order valence-corrected chi connectivity index (χ2v) is 4.04. The van der Waals surface area contributed by atoms with Gasteiger partial charge in [-0.05, 0) is 28.1 Å². The van der Waals surface area contributed by atoms with E-state index in [2.05, 4.69) is 31.9 Å². The highest BCUT2D eigenvalue weighted by Crippen LogP contribution is 2.24. The highest BCUT2D eigenvalue weighted by atomic mass is 79.9. The molecule has 0 aromatic heterocycles. The van der Waals surface area contributed by atoms with Crippen molar-refractivity contribution < 1.29 is 9.59 Å². The fourth-order valence-corrected chi connectivity index (χ4v) is 1.83. The van der Waals surface area contributed by atoms with Gasteiger partial charge in [-0.1, -0.05) is 15.9 Å². The number of hydrogen-bond acceptors (Lipinski definition) is 2. The van der Waals surface area contributed by atoms with Crippen molar-refractivity contribution in [3.05, 3.63) is 32.2 Å². The van der Waals surface area contributed by atoms with Crippen LogP contribution in [0.2, 0.25) is 0 Å². The predicted molar refractivity (Wildman–Crippen MR) is 55.7 cm³/mol. The van der Waals surface area contributed by atoms with Crippen LogP contribution in [-0.4, -0.2) is 12.2 Å². The van der Waals surface area contributed by atoms with E-state index in [4.69, 9.17) is 5.73 Å². The standard InChI is InChI=1S/C8H5Br2NO2/c9-6-2-5(8(11)13)7(10)1-4(6)3-12/h1-3H,(H2,11,13). The first-order valence-electron chi connectivity index (χ1n) is 3.30. The largest absolute Gasteiger partial charge is 0.366 e. The maximum atomic E-state index is 10.9. The van der Waals surface area contributed by atoms with Gasteiger partial charge in [-0.15, -0.1) is 0 Å². The smallest absolute Gasteiger partial charge is 0.249 e. The molecule has 0 fully saturated rings. The molecular weight excluding hydrogens is 302 g/mol. The Hall–Kier alpha value is -0.680. The molecule has 3 nitrogen and oxygen atoms in total. The molecule has 0 saturated heterocycles. The van der Waals surface area contributed by atoms with Crippen molar-refractivity contribution in [3.8, 4) is 0 Å². The zero-order valence-corrected chi connectivity index (χ0v) is 9.55. The monoisotopic (exact) mass is 305 g/mol.